The first kappa shape index (κ1) is 12.6. The third kappa shape index (κ3) is 2.11. The van der Waals surface area contributed by atoms with Gasteiger partial charge < -0.3 is 4.57 Å². The Hall–Kier alpha value is -2.42. The van der Waals surface area contributed by atoms with Crippen LogP contribution in [0.1, 0.15) is 21.5 Å². The highest BCUT2D eigenvalue weighted by atomic mass is 19.1. The fourth-order valence-corrected chi connectivity index (χ4v) is 2.51. The molecule has 2 aromatic carbocycles. The Labute approximate surface area is 116 Å². The van der Waals surface area contributed by atoms with Crippen LogP contribution in [0.15, 0.2) is 48.7 Å². The molecule has 0 spiro atoms. The standard InChI is InChI=1S/C17H14FNO/c1-12-9-15(18)6-5-13(12)10-19-8-7-16-14(11-20)3-2-4-17(16)19/h2-9,11H,10H2,1H3. The topological polar surface area (TPSA) is 22.0 Å². The van der Waals surface area contributed by atoms with Crippen molar-refractivity contribution in [1.29, 1.82) is 0 Å². The zero-order valence-electron chi connectivity index (χ0n) is 11.1. The summed E-state index contributed by atoms with van der Waals surface area (Å²) in [6.45, 7) is 2.57. The van der Waals surface area contributed by atoms with Crippen molar-refractivity contribution in [2.75, 3.05) is 0 Å². The molecular formula is C17H14FNO. The number of halogens is 1. The van der Waals surface area contributed by atoms with Crippen LogP contribution in [0, 0.1) is 12.7 Å². The van der Waals surface area contributed by atoms with Crippen LogP contribution in [0.5, 0.6) is 0 Å². The lowest BCUT2D eigenvalue weighted by molar-refractivity contribution is 0.112. The predicted molar refractivity (Wildman–Crippen MR) is 77.6 cm³/mol. The summed E-state index contributed by atoms with van der Waals surface area (Å²) in [5.74, 6) is -0.216. The zero-order valence-corrected chi connectivity index (χ0v) is 11.1. The summed E-state index contributed by atoms with van der Waals surface area (Å²) < 4.78 is 15.2. The van der Waals surface area contributed by atoms with Crippen molar-refractivity contribution < 1.29 is 9.18 Å². The second-order valence-electron chi connectivity index (χ2n) is 4.91. The van der Waals surface area contributed by atoms with Crippen molar-refractivity contribution in [2.45, 2.75) is 13.5 Å². The maximum atomic E-state index is 13.1. The van der Waals surface area contributed by atoms with Crippen molar-refractivity contribution in [3.63, 3.8) is 0 Å². The van der Waals surface area contributed by atoms with Gasteiger partial charge in [-0.1, -0.05) is 18.2 Å². The molecule has 0 saturated heterocycles. The van der Waals surface area contributed by atoms with E-state index in [0.29, 0.717) is 12.1 Å². The Bertz CT molecular complexity index is 789. The molecule has 1 heterocycles. The van der Waals surface area contributed by atoms with Crippen LogP contribution in [0.3, 0.4) is 0 Å². The lowest BCUT2D eigenvalue weighted by Crippen LogP contribution is -2.00. The van der Waals surface area contributed by atoms with Gasteiger partial charge in [0.2, 0.25) is 0 Å². The second kappa shape index (κ2) is 4.93. The van der Waals surface area contributed by atoms with Crippen LogP contribution in [0.25, 0.3) is 10.9 Å². The molecule has 100 valence electrons. The normalized spacial score (nSPS) is 10.9. The molecule has 0 bridgehead atoms. The zero-order chi connectivity index (χ0) is 14.1. The number of fused-ring (bicyclic) bond motifs is 1. The summed E-state index contributed by atoms with van der Waals surface area (Å²) in [5.41, 5.74) is 3.70. The second-order valence-corrected chi connectivity index (χ2v) is 4.91. The number of benzene rings is 2. The van der Waals surface area contributed by atoms with E-state index in [-0.39, 0.29) is 5.82 Å². The van der Waals surface area contributed by atoms with E-state index in [1.807, 2.05) is 37.4 Å². The SMILES string of the molecule is Cc1cc(F)ccc1Cn1ccc2c(C=O)cccc21. The molecule has 1 aromatic heterocycles. The van der Waals surface area contributed by atoms with Crippen LogP contribution in [-0.4, -0.2) is 10.9 Å². The molecule has 20 heavy (non-hydrogen) atoms. The van der Waals surface area contributed by atoms with Gasteiger partial charge in [-0.15, -0.1) is 0 Å². The fraction of sp³-hybridized carbons (Fsp3) is 0.118. The van der Waals surface area contributed by atoms with Gasteiger partial charge in [0.25, 0.3) is 0 Å². The third-order valence-corrected chi connectivity index (χ3v) is 3.62. The molecule has 0 aliphatic carbocycles. The fourth-order valence-electron chi connectivity index (χ4n) is 2.51. The maximum Gasteiger partial charge on any atom is 0.150 e. The third-order valence-electron chi connectivity index (χ3n) is 3.62. The van der Waals surface area contributed by atoms with Crippen molar-refractivity contribution >= 4 is 17.2 Å². The molecule has 0 saturated carbocycles. The Morgan fingerprint density at radius 3 is 2.80 bits per heavy atom. The highest BCUT2D eigenvalue weighted by molar-refractivity contribution is 5.97. The van der Waals surface area contributed by atoms with Crippen molar-refractivity contribution in [3.8, 4) is 0 Å². The monoisotopic (exact) mass is 267 g/mol. The lowest BCUT2D eigenvalue weighted by atomic mass is 10.1. The van der Waals surface area contributed by atoms with Crippen LogP contribution >= 0.6 is 0 Å². The van der Waals surface area contributed by atoms with E-state index in [1.54, 1.807) is 6.07 Å². The van der Waals surface area contributed by atoms with Gasteiger partial charge in [-0.25, -0.2) is 4.39 Å². The van der Waals surface area contributed by atoms with E-state index >= 15 is 0 Å². The first-order valence-electron chi connectivity index (χ1n) is 6.47. The molecule has 0 aliphatic rings. The highest BCUT2D eigenvalue weighted by Gasteiger charge is 2.07. The lowest BCUT2D eigenvalue weighted by Gasteiger charge is -2.09. The summed E-state index contributed by atoms with van der Waals surface area (Å²) in [6, 6.07) is 12.4. The Morgan fingerprint density at radius 2 is 2.05 bits per heavy atom. The van der Waals surface area contributed by atoms with E-state index in [1.165, 1.54) is 12.1 Å². The molecule has 0 unspecified atom stereocenters. The number of aryl methyl sites for hydroxylation is 1. The van der Waals surface area contributed by atoms with Gasteiger partial charge in [0, 0.05) is 29.2 Å². The summed E-state index contributed by atoms with van der Waals surface area (Å²) in [7, 11) is 0. The van der Waals surface area contributed by atoms with Gasteiger partial charge in [-0.2, -0.15) is 0 Å². The number of aromatic nitrogens is 1. The molecule has 3 aromatic rings. The number of nitrogens with zero attached hydrogens (tertiary/aromatic N) is 1. The molecule has 0 amide bonds. The first-order chi connectivity index (χ1) is 9.69. The minimum atomic E-state index is -0.216. The van der Waals surface area contributed by atoms with Crippen LogP contribution in [-0.2, 0) is 6.54 Å². The molecular weight excluding hydrogens is 253 g/mol. The quantitative estimate of drug-likeness (QED) is 0.659. The Kier molecular flexibility index (Phi) is 3.11. The Morgan fingerprint density at radius 1 is 1.20 bits per heavy atom. The van der Waals surface area contributed by atoms with Gasteiger partial charge in [-0.05, 0) is 42.3 Å². The van der Waals surface area contributed by atoms with E-state index in [9.17, 15) is 9.18 Å². The number of hydrogen-bond acceptors (Lipinski definition) is 1. The first-order valence-corrected chi connectivity index (χ1v) is 6.47. The van der Waals surface area contributed by atoms with Gasteiger partial charge >= 0.3 is 0 Å². The number of carbonyl (C=O) groups excluding carboxylic acids is 1. The number of carbonyl (C=O) groups is 1. The van der Waals surface area contributed by atoms with E-state index in [0.717, 1.165) is 28.3 Å². The Balaban J connectivity index is 2.05. The summed E-state index contributed by atoms with van der Waals surface area (Å²) in [5, 5.41) is 0.947. The maximum absolute atomic E-state index is 13.1. The molecule has 0 radical (unpaired) electrons. The molecule has 0 N–H and O–H groups in total. The summed E-state index contributed by atoms with van der Waals surface area (Å²) >= 11 is 0. The van der Waals surface area contributed by atoms with Crippen molar-refractivity contribution in [2.24, 2.45) is 0 Å². The van der Waals surface area contributed by atoms with Gasteiger partial charge in [0.15, 0.2) is 6.29 Å². The van der Waals surface area contributed by atoms with Crippen LogP contribution in [0.4, 0.5) is 4.39 Å². The van der Waals surface area contributed by atoms with E-state index in [4.69, 9.17) is 0 Å². The van der Waals surface area contributed by atoms with Gasteiger partial charge in [-0.3, -0.25) is 4.79 Å². The summed E-state index contributed by atoms with van der Waals surface area (Å²) in [4.78, 5) is 11.0. The average Bonchev–Trinajstić information content (AvgIpc) is 2.85. The number of aldehydes is 1. The van der Waals surface area contributed by atoms with Crippen molar-refractivity contribution in [1.82, 2.24) is 4.57 Å². The van der Waals surface area contributed by atoms with Crippen LogP contribution in [0.2, 0.25) is 0 Å². The minimum absolute atomic E-state index is 0.216. The number of hydrogen-bond donors (Lipinski definition) is 0. The molecule has 3 heteroatoms. The predicted octanol–water partition coefficient (Wildman–Crippen LogP) is 3.95. The molecule has 0 fully saturated rings. The van der Waals surface area contributed by atoms with E-state index in [2.05, 4.69) is 4.57 Å². The largest absolute Gasteiger partial charge is 0.343 e. The molecule has 0 aliphatic heterocycles. The minimum Gasteiger partial charge on any atom is -0.343 e. The molecule has 3 rings (SSSR count). The van der Waals surface area contributed by atoms with Gasteiger partial charge in [0.05, 0.1) is 0 Å². The molecule has 0 atom stereocenters. The smallest absolute Gasteiger partial charge is 0.150 e. The van der Waals surface area contributed by atoms with Crippen LogP contribution < -0.4 is 0 Å². The highest BCUT2D eigenvalue weighted by Crippen LogP contribution is 2.21. The molecule has 2 nitrogen and oxygen atoms in total. The van der Waals surface area contributed by atoms with Crippen molar-refractivity contribution in [3.05, 3.63) is 71.2 Å². The average molecular weight is 267 g/mol. The van der Waals surface area contributed by atoms with Gasteiger partial charge in [0.1, 0.15) is 5.82 Å². The number of rotatable bonds is 3. The van der Waals surface area contributed by atoms with E-state index < -0.39 is 0 Å². The summed E-state index contributed by atoms with van der Waals surface area (Å²) in [6.07, 6.45) is 2.83.